The summed E-state index contributed by atoms with van der Waals surface area (Å²) >= 11 is 1.76. The Morgan fingerprint density at radius 2 is 2.10 bits per heavy atom. The summed E-state index contributed by atoms with van der Waals surface area (Å²) in [6.45, 7) is 7.46. The molecule has 1 atom stereocenters. The van der Waals surface area contributed by atoms with Gasteiger partial charge in [0.2, 0.25) is 0 Å². The van der Waals surface area contributed by atoms with E-state index in [1.54, 1.807) is 11.3 Å². The molecule has 2 aromatic heterocycles. The molecule has 1 N–H and O–H groups in total. The first-order valence-electron chi connectivity index (χ1n) is 7.79. The van der Waals surface area contributed by atoms with Crippen LogP contribution in [0.25, 0.3) is 0 Å². The standard InChI is InChI=1S/C17H25N3S/c1-4-8-18-16(10-17-20-13(3)12-21-17)9-15-7-6-14(5-2)11-19-15/h6-7,11-12,16,18H,4-5,8-10H2,1-3H3. The SMILES string of the molecule is CCCNC(Cc1ccc(CC)cn1)Cc1nc(C)cs1. The van der Waals surface area contributed by atoms with Gasteiger partial charge in [0, 0.05) is 41.8 Å². The number of nitrogens with one attached hydrogen (secondary N) is 1. The van der Waals surface area contributed by atoms with E-state index in [4.69, 9.17) is 0 Å². The van der Waals surface area contributed by atoms with Gasteiger partial charge in [0.05, 0.1) is 5.01 Å². The van der Waals surface area contributed by atoms with E-state index < -0.39 is 0 Å². The molecule has 2 heterocycles. The normalized spacial score (nSPS) is 12.5. The Hall–Kier alpha value is -1.26. The van der Waals surface area contributed by atoms with Crippen LogP contribution in [0.2, 0.25) is 0 Å². The lowest BCUT2D eigenvalue weighted by Gasteiger charge is -2.17. The van der Waals surface area contributed by atoms with Crippen LogP contribution < -0.4 is 5.32 Å². The summed E-state index contributed by atoms with van der Waals surface area (Å²) in [5.41, 5.74) is 3.58. The van der Waals surface area contributed by atoms with Gasteiger partial charge in [-0.1, -0.05) is 19.9 Å². The van der Waals surface area contributed by atoms with Crippen LogP contribution in [0.1, 0.15) is 42.2 Å². The smallest absolute Gasteiger partial charge is 0.0943 e. The summed E-state index contributed by atoms with van der Waals surface area (Å²) in [6, 6.07) is 4.76. The second-order valence-corrected chi connectivity index (χ2v) is 6.40. The second kappa shape index (κ2) is 8.25. The van der Waals surface area contributed by atoms with Gasteiger partial charge >= 0.3 is 0 Å². The molecule has 4 heteroatoms. The molecule has 0 saturated heterocycles. The number of hydrogen-bond donors (Lipinski definition) is 1. The van der Waals surface area contributed by atoms with Crippen LogP contribution in [0.15, 0.2) is 23.7 Å². The van der Waals surface area contributed by atoms with Crippen molar-refractivity contribution in [1.29, 1.82) is 0 Å². The number of thiazole rings is 1. The van der Waals surface area contributed by atoms with E-state index in [0.717, 1.165) is 43.6 Å². The van der Waals surface area contributed by atoms with Crippen LogP contribution in [-0.2, 0) is 19.3 Å². The molecule has 2 aromatic rings. The second-order valence-electron chi connectivity index (χ2n) is 5.45. The number of aryl methyl sites for hydroxylation is 2. The molecule has 0 aromatic carbocycles. The minimum atomic E-state index is 0.412. The average Bonchev–Trinajstić information content (AvgIpc) is 2.90. The Morgan fingerprint density at radius 1 is 1.24 bits per heavy atom. The molecule has 0 bridgehead atoms. The Kier molecular flexibility index (Phi) is 6.33. The molecule has 21 heavy (non-hydrogen) atoms. The Labute approximate surface area is 131 Å². The summed E-state index contributed by atoms with van der Waals surface area (Å²) < 4.78 is 0. The van der Waals surface area contributed by atoms with Crippen LogP contribution >= 0.6 is 11.3 Å². The van der Waals surface area contributed by atoms with E-state index in [-0.39, 0.29) is 0 Å². The molecule has 0 aliphatic carbocycles. The molecule has 0 saturated carbocycles. The molecule has 0 aliphatic rings. The van der Waals surface area contributed by atoms with Crippen LogP contribution in [0, 0.1) is 6.92 Å². The molecule has 1 unspecified atom stereocenters. The monoisotopic (exact) mass is 303 g/mol. The van der Waals surface area contributed by atoms with Crippen molar-refractivity contribution in [2.24, 2.45) is 0 Å². The summed E-state index contributed by atoms with van der Waals surface area (Å²) in [5, 5.41) is 6.97. The van der Waals surface area contributed by atoms with Crippen LogP contribution in [0.5, 0.6) is 0 Å². The first-order valence-corrected chi connectivity index (χ1v) is 8.67. The molecule has 2 rings (SSSR count). The Balaban J connectivity index is 2.00. The van der Waals surface area contributed by atoms with Gasteiger partial charge in [-0.15, -0.1) is 11.3 Å². The van der Waals surface area contributed by atoms with E-state index in [0.29, 0.717) is 6.04 Å². The number of nitrogens with zero attached hydrogens (tertiary/aromatic N) is 2. The Morgan fingerprint density at radius 3 is 2.67 bits per heavy atom. The van der Waals surface area contributed by atoms with Crippen molar-refractivity contribution in [3.8, 4) is 0 Å². The number of rotatable bonds is 8. The van der Waals surface area contributed by atoms with Crippen molar-refractivity contribution in [3.05, 3.63) is 45.7 Å². The zero-order chi connectivity index (χ0) is 15.1. The lowest BCUT2D eigenvalue weighted by Crippen LogP contribution is -2.34. The predicted molar refractivity (Wildman–Crippen MR) is 90.0 cm³/mol. The summed E-state index contributed by atoms with van der Waals surface area (Å²) in [6.07, 6.45) is 6.14. The first kappa shape index (κ1) is 16.1. The Bertz CT molecular complexity index is 533. The molecular weight excluding hydrogens is 278 g/mol. The third-order valence-corrected chi connectivity index (χ3v) is 4.51. The van der Waals surface area contributed by atoms with Crippen molar-refractivity contribution in [3.63, 3.8) is 0 Å². The van der Waals surface area contributed by atoms with Crippen molar-refractivity contribution < 1.29 is 0 Å². The topological polar surface area (TPSA) is 37.8 Å². The maximum absolute atomic E-state index is 4.59. The third-order valence-electron chi connectivity index (χ3n) is 3.52. The molecule has 114 valence electrons. The van der Waals surface area contributed by atoms with Gasteiger partial charge in [-0.2, -0.15) is 0 Å². The zero-order valence-electron chi connectivity index (χ0n) is 13.2. The molecule has 0 radical (unpaired) electrons. The van der Waals surface area contributed by atoms with E-state index in [1.807, 2.05) is 6.20 Å². The lowest BCUT2D eigenvalue weighted by molar-refractivity contribution is 0.499. The fourth-order valence-electron chi connectivity index (χ4n) is 2.31. The largest absolute Gasteiger partial charge is 0.313 e. The number of aromatic nitrogens is 2. The van der Waals surface area contributed by atoms with Gasteiger partial charge in [0.15, 0.2) is 0 Å². The van der Waals surface area contributed by atoms with Crippen molar-refractivity contribution >= 4 is 11.3 Å². The maximum Gasteiger partial charge on any atom is 0.0943 e. The first-order chi connectivity index (χ1) is 10.2. The summed E-state index contributed by atoms with van der Waals surface area (Å²) in [4.78, 5) is 9.17. The number of pyridine rings is 1. The van der Waals surface area contributed by atoms with Crippen LogP contribution in [0.4, 0.5) is 0 Å². The average molecular weight is 303 g/mol. The predicted octanol–water partition coefficient (Wildman–Crippen LogP) is 3.56. The highest BCUT2D eigenvalue weighted by Crippen LogP contribution is 2.13. The zero-order valence-corrected chi connectivity index (χ0v) is 14.0. The highest BCUT2D eigenvalue weighted by Gasteiger charge is 2.13. The van der Waals surface area contributed by atoms with Gasteiger partial charge in [-0.25, -0.2) is 4.98 Å². The van der Waals surface area contributed by atoms with Gasteiger partial charge < -0.3 is 5.32 Å². The minimum absolute atomic E-state index is 0.412. The summed E-state index contributed by atoms with van der Waals surface area (Å²) in [5.74, 6) is 0. The maximum atomic E-state index is 4.59. The van der Waals surface area contributed by atoms with Crippen molar-refractivity contribution in [2.45, 2.75) is 52.5 Å². The van der Waals surface area contributed by atoms with Crippen LogP contribution in [-0.4, -0.2) is 22.6 Å². The molecule has 0 fully saturated rings. The van der Waals surface area contributed by atoms with E-state index in [9.17, 15) is 0 Å². The van der Waals surface area contributed by atoms with Crippen molar-refractivity contribution in [2.75, 3.05) is 6.54 Å². The lowest BCUT2D eigenvalue weighted by atomic mass is 10.1. The highest BCUT2D eigenvalue weighted by molar-refractivity contribution is 7.09. The molecule has 0 aliphatic heterocycles. The minimum Gasteiger partial charge on any atom is -0.313 e. The fourth-order valence-corrected chi connectivity index (χ4v) is 3.16. The van der Waals surface area contributed by atoms with Gasteiger partial charge in [0.1, 0.15) is 0 Å². The van der Waals surface area contributed by atoms with Crippen molar-refractivity contribution in [1.82, 2.24) is 15.3 Å². The quantitative estimate of drug-likeness (QED) is 0.810. The van der Waals surface area contributed by atoms with E-state index in [2.05, 4.69) is 53.6 Å². The molecular formula is C17H25N3S. The van der Waals surface area contributed by atoms with Gasteiger partial charge in [-0.05, 0) is 37.9 Å². The van der Waals surface area contributed by atoms with E-state index >= 15 is 0 Å². The third kappa shape index (κ3) is 5.21. The van der Waals surface area contributed by atoms with Gasteiger partial charge in [-0.3, -0.25) is 4.98 Å². The summed E-state index contributed by atoms with van der Waals surface area (Å²) in [7, 11) is 0. The van der Waals surface area contributed by atoms with E-state index in [1.165, 1.54) is 10.6 Å². The highest BCUT2D eigenvalue weighted by atomic mass is 32.1. The molecule has 0 spiro atoms. The number of hydrogen-bond acceptors (Lipinski definition) is 4. The molecule has 3 nitrogen and oxygen atoms in total. The molecule has 0 amide bonds. The fraction of sp³-hybridized carbons (Fsp3) is 0.529. The van der Waals surface area contributed by atoms with Gasteiger partial charge in [0.25, 0.3) is 0 Å². The van der Waals surface area contributed by atoms with Crippen LogP contribution in [0.3, 0.4) is 0 Å².